The Morgan fingerprint density at radius 1 is 0.355 bits per heavy atom. The van der Waals surface area contributed by atoms with E-state index in [1.54, 1.807) is 0 Å². The van der Waals surface area contributed by atoms with Crippen molar-refractivity contribution in [1.82, 2.24) is 4.57 Å². The molecule has 0 saturated heterocycles. The SMILES string of the molecule is CC(C)(C)c1ccc(-c2cccc(N(c3cccc(-c4ccc(C(C)(C)C)cc4)c3)c3ccc4ccc5c(-n6c7ccccc7c7ccccc76)ccc6ccc3c4c65)c2)cc1. The topological polar surface area (TPSA) is 8.17 Å². The molecule has 62 heavy (non-hydrogen) atoms. The predicted molar refractivity (Wildman–Crippen MR) is 267 cm³/mol. The Hall–Kier alpha value is -7.16. The van der Waals surface area contributed by atoms with Gasteiger partial charge in [-0.3, -0.25) is 0 Å². The van der Waals surface area contributed by atoms with Crippen molar-refractivity contribution in [3.63, 3.8) is 0 Å². The average molecular weight is 799 g/mol. The van der Waals surface area contributed by atoms with Gasteiger partial charge in [-0.05, 0) is 114 Å². The summed E-state index contributed by atoms with van der Waals surface area (Å²) < 4.78 is 2.46. The predicted octanol–water partition coefficient (Wildman–Crippen LogP) is 17.1. The van der Waals surface area contributed by atoms with Crippen LogP contribution in [0, 0.1) is 0 Å². The van der Waals surface area contributed by atoms with Gasteiger partial charge < -0.3 is 9.47 Å². The molecule has 0 N–H and O–H groups in total. The standard InChI is InChI=1S/C60H50N2/c1-59(2,3)45-29-21-39(22-30-45)43-13-11-15-47(37-43)61(48-16-12-14-44(38-48)40-23-31-46(32-24-40)60(4,5)6)55-35-27-41-26-34-52-56(36-28-42-25-33-51(55)57(41)58(42)52)62-53-19-9-7-17-49(53)50-18-8-10-20-54(50)62/h7-38H,1-6H3. The first-order valence-electron chi connectivity index (χ1n) is 21.9. The first kappa shape index (κ1) is 37.8. The Kier molecular flexibility index (Phi) is 8.67. The van der Waals surface area contributed by atoms with Crippen LogP contribution in [0.3, 0.4) is 0 Å². The van der Waals surface area contributed by atoms with Crippen molar-refractivity contribution < 1.29 is 0 Å². The van der Waals surface area contributed by atoms with E-state index in [9.17, 15) is 0 Å². The molecular weight excluding hydrogens is 749 g/mol. The molecule has 1 heterocycles. The minimum absolute atomic E-state index is 0.0918. The van der Waals surface area contributed by atoms with Gasteiger partial charge in [-0.1, -0.05) is 187 Å². The van der Waals surface area contributed by atoms with Gasteiger partial charge in [0.2, 0.25) is 0 Å². The van der Waals surface area contributed by atoms with E-state index in [1.807, 2.05) is 0 Å². The summed E-state index contributed by atoms with van der Waals surface area (Å²) in [7, 11) is 0. The van der Waals surface area contributed by atoms with Crippen LogP contribution >= 0.6 is 0 Å². The Labute approximate surface area is 364 Å². The molecule has 11 rings (SSSR count). The van der Waals surface area contributed by atoms with E-state index in [0.717, 1.165) is 17.1 Å². The largest absolute Gasteiger partial charge is 0.310 e. The maximum absolute atomic E-state index is 2.47. The molecule has 0 bridgehead atoms. The summed E-state index contributed by atoms with van der Waals surface area (Å²) >= 11 is 0. The zero-order valence-corrected chi connectivity index (χ0v) is 36.4. The van der Waals surface area contributed by atoms with Crippen molar-refractivity contribution in [2.75, 3.05) is 4.90 Å². The maximum atomic E-state index is 2.47. The van der Waals surface area contributed by atoms with E-state index in [-0.39, 0.29) is 10.8 Å². The lowest BCUT2D eigenvalue weighted by Crippen LogP contribution is -2.11. The number of rotatable bonds is 6. The molecule has 0 aliphatic heterocycles. The molecule has 0 atom stereocenters. The highest BCUT2D eigenvalue weighted by Crippen LogP contribution is 2.47. The van der Waals surface area contributed by atoms with E-state index in [4.69, 9.17) is 0 Å². The van der Waals surface area contributed by atoms with Crippen molar-refractivity contribution in [2.24, 2.45) is 0 Å². The van der Waals surface area contributed by atoms with Gasteiger partial charge in [0.15, 0.2) is 0 Å². The zero-order valence-electron chi connectivity index (χ0n) is 36.4. The van der Waals surface area contributed by atoms with Crippen LogP contribution in [0.2, 0.25) is 0 Å². The van der Waals surface area contributed by atoms with Gasteiger partial charge in [0.25, 0.3) is 0 Å². The highest BCUT2D eigenvalue weighted by atomic mass is 15.1. The van der Waals surface area contributed by atoms with Gasteiger partial charge in [0, 0.05) is 32.9 Å². The fourth-order valence-corrected chi connectivity index (χ4v) is 9.74. The summed E-state index contributed by atoms with van der Waals surface area (Å²) in [5.41, 5.74) is 14.7. The minimum atomic E-state index is 0.0918. The van der Waals surface area contributed by atoms with Gasteiger partial charge >= 0.3 is 0 Å². The van der Waals surface area contributed by atoms with Crippen LogP contribution in [0.1, 0.15) is 52.7 Å². The summed E-state index contributed by atoms with van der Waals surface area (Å²) in [6.07, 6.45) is 0. The quantitative estimate of drug-likeness (QED) is 0.152. The van der Waals surface area contributed by atoms with Crippen LogP contribution < -0.4 is 4.90 Å². The van der Waals surface area contributed by atoms with Gasteiger partial charge in [-0.25, -0.2) is 0 Å². The molecule has 0 radical (unpaired) electrons. The van der Waals surface area contributed by atoms with Crippen molar-refractivity contribution in [3.8, 4) is 27.9 Å². The molecule has 0 amide bonds. The monoisotopic (exact) mass is 798 g/mol. The third kappa shape index (κ3) is 6.24. The smallest absolute Gasteiger partial charge is 0.0541 e. The van der Waals surface area contributed by atoms with Crippen molar-refractivity contribution in [1.29, 1.82) is 0 Å². The number of hydrogen-bond donors (Lipinski definition) is 0. The lowest BCUT2D eigenvalue weighted by Gasteiger charge is -2.29. The highest BCUT2D eigenvalue weighted by molar-refractivity contribution is 6.27. The molecule has 0 saturated carbocycles. The summed E-state index contributed by atoms with van der Waals surface area (Å²) in [5, 5.41) is 10.1. The second-order valence-corrected chi connectivity index (χ2v) is 19.1. The number of nitrogens with zero attached hydrogens (tertiary/aromatic N) is 2. The third-order valence-electron chi connectivity index (χ3n) is 13.1. The van der Waals surface area contributed by atoms with Gasteiger partial charge in [0.05, 0.1) is 22.4 Å². The maximum Gasteiger partial charge on any atom is 0.0541 e. The van der Waals surface area contributed by atoms with E-state index < -0.39 is 0 Å². The lowest BCUT2D eigenvalue weighted by atomic mass is 9.86. The van der Waals surface area contributed by atoms with Gasteiger partial charge in [0.1, 0.15) is 0 Å². The number of anilines is 3. The summed E-state index contributed by atoms with van der Waals surface area (Å²) in [6.45, 7) is 13.6. The molecule has 0 unspecified atom stereocenters. The van der Waals surface area contributed by atoms with Gasteiger partial charge in [-0.2, -0.15) is 0 Å². The van der Waals surface area contributed by atoms with Crippen molar-refractivity contribution in [3.05, 3.63) is 205 Å². The molecule has 0 fully saturated rings. The summed E-state index contributed by atoms with van der Waals surface area (Å²) in [5.74, 6) is 0. The van der Waals surface area contributed by atoms with Crippen LogP contribution in [0.15, 0.2) is 194 Å². The number of para-hydroxylation sites is 2. The normalized spacial score (nSPS) is 12.4. The molecule has 11 aromatic rings. The Morgan fingerprint density at radius 2 is 0.806 bits per heavy atom. The van der Waals surface area contributed by atoms with Crippen molar-refractivity contribution >= 4 is 71.2 Å². The second-order valence-electron chi connectivity index (χ2n) is 19.1. The Morgan fingerprint density at radius 3 is 1.32 bits per heavy atom. The molecule has 0 aliphatic carbocycles. The molecule has 0 aliphatic rings. The van der Waals surface area contributed by atoms with Crippen LogP contribution in [-0.4, -0.2) is 4.57 Å². The Balaban J connectivity index is 1.13. The Bertz CT molecular complexity index is 3310. The number of fused-ring (bicyclic) bond motifs is 3. The van der Waals surface area contributed by atoms with Crippen molar-refractivity contribution in [2.45, 2.75) is 52.4 Å². The van der Waals surface area contributed by atoms with Crippen LogP contribution in [-0.2, 0) is 10.8 Å². The molecule has 2 nitrogen and oxygen atoms in total. The molecule has 300 valence electrons. The molecular formula is C60H50N2. The fraction of sp³-hybridized carbons (Fsp3) is 0.133. The lowest BCUT2D eigenvalue weighted by molar-refractivity contribution is 0.590. The molecule has 2 heteroatoms. The van der Waals surface area contributed by atoms with E-state index in [0.29, 0.717) is 0 Å². The minimum Gasteiger partial charge on any atom is -0.310 e. The van der Waals surface area contributed by atoms with Crippen LogP contribution in [0.5, 0.6) is 0 Å². The molecule has 0 spiro atoms. The third-order valence-corrected chi connectivity index (χ3v) is 13.1. The van der Waals surface area contributed by atoms with Gasteiger partial charge in [-0.15, -0.1) is 0 Å². The highest BCUT2D eigenvalue weighted by Gasteiger charge is 2.22. The molecule has 1 aromatic heterocycles. The number of hydrogen-bond acceptors (Lipinski definition) is 1. The van der Waals surface area contributed by atoms with Crippen LogP contribution in [0.25, 0.3) is 82.1 Å². The van der Waals surface area contributed by atoms with E-state index in [2.05, 4.69) is 245 Å². The fourth-order valence-electron chi connectivity index (χ4n) is 9.74. The summed E-state index contributed by atoms with van der Waals surface area (Å²) in [4.78, 5) is 2.47. The first-order chi connectivity index (χ1) is 30.0. The zero-order chi connectivity index (χ0) is 42.3. The second kappa shape index (κ2) is 14.2. The summed E-state index contributed by atoms with van der Waals surface area (Å²) in [6, 6.07) is 72.5. The van der Waals surface area contributed by atoms with E-state index in [1.165, 1.54) is 93.2 Å². The van der Waals surface area contributed by atoms with E-state index >= 15 is 0 Å². The number of aromatic nitrogens is 1. The average Bonchev–Trinajstić information content (AvgIpc) is 3.62. The number of benzene rings is 10. The van der Waals surface area contributed by atoms with Crippen LogP contribution in [0.4, 0.5) is 17.1 Å². The molecule has 10 aromatic carbocycles. The first-order valence-corrected chi connectivity index (χ1v) is 21.9.